The van der Waals surface area contributed by atoms with Gasteiger partial charge < -0.3 is 4.74 Å². The van der Waals surface area contributed by atoms with Gasteiger partial charge in [0.05, 0.1) is 11.8 Å². The summed E-state index contributed by atoms with van der Waals surface area (Å²) in [7, 11) is 0. The molecule has 0 unspecified atom stereocenters. The number of fused-ring (bicyclic) bond motifs is 1. The van der Waals surface area contributed by atoms with Gasteiger partial charge >= 0.3 is 5.97 Å². The zero-order valence-electron chi connectivity index (χ0n) is 13.1. The minimum Gasteiger partial charge on any atom is -0.460 e. The van der Waals surface area contributed by atoms with E-state index >= 15 is 0 Å². The SMILES string of the molecule is CC(C)(C)OC(=O)C[C@]1(C[N+](=O)[O-])[C@@H]2C[C@@H]3CC[C@H]1[C@H]2C3. The lowest BCUT2D eigenvalue weighted by Gasteiger charge is -2.57. The van der Waals surface area contributed by atoms with E-state index in [0.29, 0.717) is 17.8 Å². The molecule has 0 aliphatic heterocycles. The highest BCUT2D eigenvalue weighted by molar-refractivity contribution is 5.71. The third kappa shape index (κ3) is 2.44. The van der Waals surface area contributed by atoms with Crippen LogP contribution >= 0.6 is 0 Å². The van der Waals surface area contributed by atoms with Crippen LogP contribution in [0.2, 0.25) is 0 Å². The van der Waals surface area contributed by atoms with Gasteiger partial charge in [0.1, 0.15) is 5.60 Å². The summed E-state index contributed by atoms with van der Waals surface area (Å²) in [5.41, 5.74) is -0.953. The summed E-state index contributed by atoms with van der Waals surface area (Å²) < 4.78 is 5.44. The molecule has 0 spiro atoms. The molecule has 3 aliphatic rings. The summed E-state index contributed by atoms with van der Waals surface area (Å²) in [6.07, 6.45) is 4.78. The first-order valence-electron chi connectivity index (χ1n) is 8.05. The molecule has 118 valence electrons. The molecule has 2 bridgehead atoms. The number of nitro groups is 1. The quantitative estimate of drug-likeness (QED) is 0.454. The van der Waals surface area contributed by atoms with Gasteiger partial charge in [0, 0.05) is 4.92 Å². The van der Waals surface area contributed by atoms with E-state index in [2.05, 4.69) is 0 Å². The van der Waals surface area contributed by atoms with E-state index in [1.807, 2.05) is 20.8 Å². The smallest absolute Gasteiger partial charge is 0.307 e. The van der Waals surface area contributed by atoms with Crippen LogP contribution in [0, 0.1) is 39.2 Å². The summed E-state index contributed by atoms with van der Waals surface area (Å²) >= 11 is 0. The third-order valence-corrected chi connectivity index (χ3v) is 5.91. The van der Waals surface area contributed by atoms with Crippen LogP contribution in [-0.2, 0) is 9.53 Å². The Balaban J connectivity index is 1.79. The van der Waals surface area contributed by atoms with E-state index in [0.717, 1.165) is 18.8 Å². The molecule has 0 radical (unpaired) electrons. The summed E-state index contributed by atoms with van der Waals surface area (Å²) in [5, 5.41) is 11.2. The standard InChI is InChI=1S/C16H25NO4/c1-15(2,3)21-14(18)8-16(9-17(19)20)12-5-4-10-6-11(12)13(16)7-10/h10-13H,4-9H2,1-3H3/t10-,11-,12+,13-,16-/m1/s1. The van der Waals surface area contributed by atoms with Gasteiger partial charge in [-0.1, -0.05) is 6.42 Å². The molecule has 3 fully saturated rings. The predicted molar refractivity (Wildman–Crippen MR) is 77.2 cm³/mol. The van der Waals surface area contributed by atoms with Crippen LogP contribution in [-0.4, -0.2) is 23.0 Å². The van der Waals surface area contributed by atoms with Crippen molar-refractivity contribution in [2.24, 2.45) is 29.1 Å². The van der Waals surface area contributed by atoms with Crippen molar-refractivity contribution < 1.29 is 14.5 Å². The second-order valence-electron chi connectivity index (χ2n) is 8.28. The van der Waals surface area contributed by atoms with Crippen LogP contribution in [0.4, 0.5) is 0 Å². The first kappa shape index (κ1) is 14.8. The van der Waals surface area contributed by atoms with Crippen LogP contribution in [0.15, 0.2) is 0 Å². The number of carbonyl (C=O) groups excluding carboxylic acids is 1. The van der Waals surface area contributed by atoms with Gasteiger partial charge in [-0.05, 0) is 63.7 Å². The normalized spacial score (nSPS) is 40.5. The average molecular weight is 295 g/mol. The largest absolute Gasteiger partial charge is 0.460 e. The molecule has 5 heteroatoms. The molecule has 0 aromatic carbocycles. The summed E-state index contributed by atoms with van der Waals surface area (Å²) in [6.45, 7) is 5.46. The van der Waals surface area contributed by atoms with Crippen LogP contribution in [0.25, 0.3) is 0 Å². The Kier molecular flexibility index (Phi) is 3.30. The van der Waals surface area contributed by atoms with E-state index in [1.165, 1.54) is 12.8 Å². The monoisotopic (exact) mass is 295 g/mol. The molecule has 21 heavy (non-hydrogen) atoms. The van der Waals surface area contributed by atoms with E-state index in [4.69, 9.17) is 4.74 Å². The maximum atomic E-state index is 12.3. The Bertz CT molecular complexity index is 461. The zero-order valence-corrected chi connectivity index (χ0v) is 13.1. The van der Waals surface area contributed by atoms with Crippen molar-refractivity contribution in [1.29, 1.82) is 0 Å². The number of esters is 1. The fourth-order valence-electron chi connectivity index (χ4n) is 5.46. The molecule has 0 heterocycles. The fourth-order valence-corrected chi connectivity index (χ4v) is 5.46. The maximum absolute atomic E-state index is 12.3. The van der Waals surface area contributed by atoms with E-state index in [-0.39, 0.29) is 23.9 Å². The molecule has 0 saturated heterocycles. The Morgan fingerprint density at radius 2 is 2.00 bits per heavy atom. The van der Waals surface area contributed by atoms with Gasteiger partial charge in [-0.3, -0.25) is 14.9 Å². The molecule has 0 N–H and O–H groups in total. The van der Waals surface area contributed by atoms with Crippen molar-refractivity contribution in [2.45, 2.75) is 58.5 Å². The van der Waals surface area contributed by atoms with Crippen molar-refractivity contribution in [2.75, 3.05) is 6.54 Å². The fraction of sp³-hybridized carbons (Fsp3) is 0.938. The Hall–Kier alpha value is -1.13. The van der Waals surface area contributed by atoms with Crippen LogP contribution in [0.5, 0.6) is 0 Å². The van der Waals surface area contributed by atoms with Crippen molar-refractivity contribution in [3.05, 3.63) is 10.1 Å². The summed E-state index contributed by atoms with van der Waals surface area (Å²) in [4.78, 5) is 23.2. The van der Waals surface area contributed by atoms with E-state index in [1.54, 1.807) is 0 Å². The Morgan fingerprint density at radius 3 is 2.62 bits per heavy atom. The average Bonchev–Trinajstić information content (AvgIpc) is 2.50. The van der Waals surface area contributed by atoms with Crippen LogP contribution < -0.4 is 0 Å². The topological polar surface area (TPSA) is 69.4 Å². The number of carbonyl (C=O) groups is 1. The zero-order chi connectivity index (χ0) is 15.4. The molecular formula is C16H25NO4. The van der Waals surface area contributed by atoms with Crippen molar-refractivity contribution in [3.63, 3.8) is 0 Å². The summed E-state index contributed by atoms with van der Waals surface area (Å²) in [6, 6.07) is 0. The van der Waals surface area contributed by atoms with Crippen LogP contribution in [0.3, 0.4) is 0 Å². The highest BCUT2D eigenvalue weighted by Gasteiger charge is 2.69. The first-order valence-corrected chi connectivity index (χ1v) is 8.05. The number of hydrogen-bond acceptors (Lipinski definition) is 4. The van der Waals surface area contributed by atoms with Gasteiger partial charge in [-0.25, -0.2) is 0 Å². The van der Waals surface area contributed by atoms with Crippen molar-refractivity contribution in [3.8, 4) is 0 Å². The highest BCUT2D eigenvalue weighted by Crippen LogP contribution is 2.70. The highest BCUT2D eigenvalue weighted by atomic mass is 16.6. The number of nitrogens with zero attached hydrogens (tertiary/aromatic N) is 1. The Morgan fingerprint density at radius 1 is 1.29 bits per heavy atom. The van der Waals surface area contributed by atoms with E-state index in [9.17, 15) is 14.9 Å². The third-order valence-electron chi connectivity index (χ3n) is 5.91. The van der Waals surface area contributed by atoms with Crippen molar-refractivity contribution >= 4 is 5.97 Å². The van der Waals surface area contributed by atoms with Gasteiger partial charge in [0.25, 0.3) is 0 Å². The molecular weight excluding hydrogens is 270 g/mol. The molecule has 3 aliphatic carbocycles. The Labute approximate surface area is 125 Å². The molecule has 5 atom stereocenters. The first-order chi connectivity index (χ1) is 9.71. The molecule has 3 rings (SSSR count). The second-order valence-corrected chi connectivity index (χ2v) is 8.28. The van der Waals surface area contributed by atoms with Gasteiger partial charge in [0.2, 0.25) is 6.54 Å². The molecule has 0 aromatic rings. The van der Waals surface area contributed by atoms with Crippen molar-refractivity contribution in [1.82, 2.24) is 0 Å². The minimum atomic E-state index is -0.524. The predicted octanol–water partition coefficient (Wildman–Crippen LogP) is 3.05. The van der Waals surface area contributed by atoms with Crippen LogP contribution in [0.1, 0.15) is 52.9 Å². The molecule has 3 saturated carbocycles. The number of ether oxygens (including phenoxy) is 1. The summed E-state index contributed by atoms with van der Waals surface area (Å²) in [5.74, 6) is 1.83. The number of hydrogen-bond donors (Lipinski definition) is 0. The lowest BCUT2D eigenvalue weighted by Crippen LogP contribution is -2.59. The minimum absolute atomic E-state index is 0.0647. The van der Waals surface area contributed by atoms with Gasteiger partial charge in [0.15, 0.2) is 0 Å². The molecule has 0 amide bonds. The molecule has 0 aromatic heterocycles. The second kappa shape index (κ2) is 4.68. The van der Waals surface area contributed by atoms with Gasteiger partial charge in [-0.15, -0.1) is 0 Å². The molecule has 5 nitrogen and oxygen atoms in total. The van der Waals surface area contributed by atoms with Gasteiger partial charge in [-0.2, -0.15) is 0 Å². The lowest BCUT2D eigenvalue weighted by molar-refractivity contribution is -0.512. The lowest BCUT2D eigenvalue weighted by atomic mass is 9.45. The van der Waals surface area contributed by atoms with E-state index < -0.39 is 11.0 Å². The number of rotatable bonds is 4. The maximum Gasteiger partial charge on any atom is 0.307 e.